The summed E-state index contributed by atoms with van der Waals surface area (Å²) in [7, 11) is 1.48. The van der Waals surface area contributed by atoms with Crippen molar-refractivity contribution in [3.8, 4) is 0 Å². The molecule has 1 amide bonds. The van der Waals surface area contributed by atoms with Crippen molar-refractivity contribution >= 4 is 5.91 Å². The number of hydrogen-bond donors (Lipinski definition) is 1. The fourth-order valence-electron chi connectivity index (χ4n) is 1.72. The molecule has 0 spiro atoms. The van der Waals surface area contributed by atoms with E-state index < -0.39 is 0 Å². The SMILES string of the molecule is COCC(=O)NCC(c1ccco1)c1ccco1. The number of hydrogen-bond acceptors (Lipinski definition) is 4. The van der Waals surface area contributed by atoms with Crippen LogP contribution in [-0.2, 0) is 9.53 Å². The lowest BCUT2D eigenvalue weighted by Crippen LogP contribution is -2.31. The van der Waals surface area contributed by atoms with Crippen molar-refractivity contribution in [2.45, 2.75) is 5.92 Å². The summed E-state index contributed by atoms with van der Waals surface area (Å²) < 4.78 is 15.5. The van der Waals surface area contributed by atoms with E-state index in [-0.39, 0.29) is 18.4 Å². The van der Waals surface area contributed by atoms with Crippen LogP contribution in [-0.4, -0.2) is 26.2 Å². The molecule has 0 fully saturated rings. The van der Waals surface area contributed by atoms with Crippen LogP contribution in [0.5, 0.6) is 0 Å². The first kappa shape index (κ1) is 12.4. The van der Waals surface area contributed by atoms with E-state index >= 15 is 0 Å². The second-order valence-electron chi connectivity index (χ2n) is 3.82. The van der Waals surface area contributed by atoms with Gasteiger partial charge in [-0.1, -0.05) is 0 Å². The Morgan fingerprint density at radius 3 is 2.33 bits per heavy atom. The zero-order valence-electron chi connectivity index (χ0n) is 10.1. The molecule has 0 atom stereocenters. The number of rotatable bonds is 6. The second-order valence-corrected chi connectivity index (χ2v) is 3.82. The lowest BCUT2D eigenvalue weighted by molar-refractivity contribution is -0.124. The number of ether oxygens (including phenoxy) is 1. The summed E-state index contributed by atoms with van der Waals surface area (Å²) >= 11 is 0. The summed E-state index contributed by atoms with van der Waals surface area (Å²) in [6.07, 6.45) is 3.20. The topological polar surface area (TPSA) is 64.6 Å². The lowest BCUT2D eigenvalue weighted by Gasteiger charge is -2.13. The molecule has 5 heteroatoms. The summed E-state index contributed by atoms with van der Waals surface area (Å²) in [5.74, 6) is 1.21. The summed E-state index contributed by atoms with van der Waals surface area (Å²) in [6, 6.07) is 7.33. The average molecular weight is 249 g/mol. The third kappa shape index (κ3) is 3.01. The van der Waals surface area contributed by atoms with E-state index in [9.17, 15) is 4.79 Å². The molecule has 0 aliphatic heterocycles. The van der Waals surface area contributed by atoms with E-state index in [1.54, 1.807) is 12.5 Å². The fourth-order valence-corrected chi connectivity index (χ4v) is 1.72. The Kier molecular flexibility index (Phi) is 4.20. The predicted octanol–water partition coefficient (Wildman–Crippen LogP) is 1.77. The zero-order valence-corrected chi connectivity index (χ0v) is 10.1. The van der Waals surface area contributed by atoms with Gasteiger partial charge in [0.15, 0.2) is 0 Å². The highest BCUT2D eigenvalue weighted by Crippen LogP contribution is 2.24. The highest BCUT2D eigenvalue weighted by Gasteiger charge is 2.20. The van der Waals surface area contributed by atoms with Crippen molar-refractivity contribution in [1.29, 1.82) is 0 Å². The van der Waals surface area contributed by atoms with Gasteiger partial charge in [-0.15, -0.1) is 0 Å². The van der Waals surface area contributed by atoms with E-state index in [4.69, 9.17) is 13.6 Å². The van der Waals surface area contributed by atoms with Crippen LogP contribution < -0.4 is 5.32 Å². The van der Waals surface area contributed by atoms with E-state index in [0.29, 0.717) is 6.54 Å². The van der Waals surface area contributed by atoms with Crippen LogP contribution in [0.2, 0.25) is 0 Å². The van der Waals surface area contributed by atoms with Crippen LogP contribution in [0.25, 0.3) is 0 Å². The molecule has 2 aromatic rings. The van der Waals surface area contributed by atoms with E-state index in [1.165, 1.54) is 7.11 Å². The lowest BCUT2D eigenvalue weighted by atomic mass is 10.0. The molecule has 0 radical (unpaired) electrons. The van der Waals surface area contributed by atoms with Crippen molar-refractivity contribution in [2.24, 2.45) is 0 Å². The molecule has 96 valence electrons. The first-order valence-electron chi connectivity index (χ1n) is 5.63. The van der Waals surface area contributed by atoms with Gasteiger partial charge in [0, 0.05) is 13.7 Å². The Balaban J connectivity index is 2.05. The van der Waals surface area contributed by atoms with Crippen molar-refractivity contribution in [3.63, 3.8) is 0 Å². The molecule has 0 aliphatic rings. The van der Waals surface area contributed by atoms with Gasteiger partial charge in [-0.25, -0.2) is 0 Å². The predicted molar refractivity (Wildman–Crippen MR) is 64.1 cm³/mol. The number of carbonyl (C=O) groups excluding carboxylic acids is 1. The number of nitrogens with one attached hydrogen (secondary N) is 1. The van der Waals surface area contributed by atoms with Crippen molar-refractivity contribution < 1.29 is 18.4 Å². The monoisotopic (exact) mass is 249 g/mol. The Morgan fingerprint density at radius 1 is 1.28 bits per heavy atom. The Bertz CT molecular complexity index is 427. The van der Waals surface area contributed by atoms with Gasteiger partial charge in [-0.05, 0) is 24.3 Å². The molecule has 1 N–H and O–H groups in total. The summed E-state index contributed by atoms with van der Waals surface area (Å²) in [6.45, 7) is 0.451. The van der Waals surface area contributed by atoms with E-state index in [2.05, 4.69) is 5.32 Å². The van der Waals surface area contributed by atoms with Crippen LogP contribution in [0.4, 0.5) is 0 Å². The van der Waals surface area contributed by atoms with Crippen LogP contribution in [0.15, 0.2) is 45.6 Å². The van der Waals surface area contributed by atoms with Gasteiger partial charge >= 0.3 is 0 Å². The highest BCUT2D eigenvalue weighted by molar-refractivity contribution is 5.77. The normalized spacial score (nSPS) is 10.8. The standard InChI is InChI=1S/C13H15NO4/c1-16-9-13(15)14-8-10(11-4-2-6-17-11)12-5-3-7-18-12/h2-7,10H,8-9H2,1H3,(H,14,15). The van der Waals surface area contributed by atoms with Crippen molar-refractivity contribution in [2.75, 3.05) is 20.3 Å². The Hall–Kier alpha value is -2.01. The Morgan fingerprint density at radius 2 is 1.89 bits per heavy atom. The molecule has 0 saturated carbocycles. The van der Waals surface area contributed by atoms with Crippen LogP contribution in [0, 0.1) is 0 Å². The van der Waals surface area contributed by atoms with Crippen LogP contribution in [0.1, 0.15) is 17.4 Å². The zero-order chi connectivity index (χ0) is 12.8. The van der Waals surface area contributed by atoms with Gasteiger partial charge in [-0.3, -0.25) is 4.79 Å². The van der Waals surface area contributed by atoms with E-state index in [0.717, 1.165) is 11.5 Å². The molecule has 2 heterocycles. The fraction of sp³-hybridized carbons (Fsp3) is 0.308. The second kappa shape index (κ2) is 6.07. The smallest absolute Gasteiger partial charge is 0.246 e. The number of carbonyl (C=O) groups is 1. The molecule has 2 aromatic heterocycles. The largest absolute Gasteiger partial charge is 0.469 e. The summed E-state index contributed by atoms with van der Waals surface area (Å²) in [5, 5.41) is 2.78. The average Bonchev–Trinajstić information content (AvgIpc) is 3.02. The Labute approximate surface area is 105 Å². The van der Waals surface area contributed by atoms with Crippen LogP contribution >= 0.6 is 0 Å². The number of methoxy groups -OCH3 is 1. The van der Waals surface area contributed by atoms with E-state index in [1.807, 2.05) is 24.3 Å². The molecule has 5 nitrogen and oxygen atoms in total. The van der Waals surface area contributed by atoms with Gasteiger partial charge in [0.1, 0.15) is 18.1 Å². The van der Waals surface area contributed by atoms with Gasteiger partial charge in [-0.2, -0.15) is 0 Å². The molecule has 18 heavy (non-hydrogen) atoms. The quantitative estimate of drug-likeness (QED) is 0.847. The minimum atomic E-state index is -0.166. The van der Waals surface area contributed by atoms with Gasteiger partial charge in [0.05, 0.1) is 18.4 Å². The van der Waals surface area contributed by atoms with Crippen molar-refractivity contribution in [3.05, 3.63) is 48.3 Å². The highest BCUT2D eigenvalue weighted by atomic mass is 16.5. The third-order valence-electron chi connectivity index (χ3n) is 2.55. The minimum absolute atomic E-state index is 0.0447. The molecule has 0 aromatic carbocycles. The maximum Gasteiger partial charge on any atom is 0.246 e. The van der Waals surface area contributed by atoms with Gasteiger partial charge < -0.3 is 18.9 Å². The maximum atomic E-state index is 11.4. The molecule has 0 saturated heterocycles. The first-order chi connectivity index (χ1) is 8.81. The third-order valence-corrected chi connectivity index (χ3v) is 2.55. The molecule has 2 rings (SSSR count). The maximum absolute atomic E-state index is 11.4. The minimum Gasteiger partial charge on any atom is -0.469 e. The van der Waals surface area contributed by atoms with Crippen molar-refractivity contribution in [1.82, 2.24) is 5.32 Å². The molecular formula is C13H15NO4. The van der Waals surface area contributed by atoms with Gasteiger partial charge in [0.25, 0.3) is 0 Å². The first-order valence-corrected chi connectivity index (χ1v) is 5.63. The van der Waals surface area contributed by atoms with Gasteiger partial charge in [0.2, 0.25) is 5.91 Å². The molecular weight excluding hydrogens is 234 g/mol. The summed E-state index contributed by atoms with van der Waals surface area (Å²) in [4.78, 5) is 11.4. The number of furan rings is 2. The number of amides is 1. The molecule has 0 bridgehead atoms. The summed E-state index contributed by atoms with van der Waals surface area (Å²) in [5.41, 5.74) is 0. The molecule has 0 aliphatic carbocycles. The molecule has 0 unspecified atom stereocenters. The van der Waals surface area contributed by atoms with Crippen LogP contribution in [0.3, 0.4) is 0 Å².